The summed E-state index contributed by atoms with van der Waals surface area (Å²) in [5.74, 6) is 0. The number of halogens is 1. The molecular formula is C11H13BrN2. The number of benzene rings is 1. The van der Waals surface area contributed by atoms with Crippen molar-refractivity contribution in [1.82, 2.24) is 4.98 Å². The van der Waals surface area contributed by atoms with Crippen molar-refractivity contribution in [3.8, 4) is 0 Å². The lowest BCUT2D eigenvalue weighted by Crippen LogP contribution is -2.08. The molecule has 0 radical (unpaired) electrons. The zero-order valence-electron chi connectivity index (χ0n) is 8.05. The maximum atomic E-state index is 5.95. The highest BCUT2D eigenvalue weighted by Gasteiger charge is 2.06. The number of hydrogen-bond acceptors (Lipinski definition) is 1. The zero-order chi connectivity index (χ0) is 10.1. The van der Waals surface area contributed by atoms with Crippen molar-refractivity contribution in [2.75, 3.05) is 0 Å². The van der Waals surface area contributed by atoms with Crippen molar-refractivity contribution in [3.05, 3.63) is 34.4 Å². The van der Waals surface area contributed by atoms with E-state index in [0.717, 1.165) is 22.1 Å². The fourth-order valence-corrected chi connectivity index (χ4v) is 1.90. The second-order valence-electron chi connectivity index (χ2n) is 3.47. The van der Waals surface area contributed by atoms with Gasteiger partial charge in [-0.05, 0) is 30.0 Å². The summed E-state index contributed by atoms with van der Waals surface area (Å²) in [6.07, 6.45) is 0.952. The Hall–Kier alpha value is -0.800. The van der Waals surface area contributed by atoms with E-state index in [-0.39, 0.29) is 6.04 Å². The van der Waals surface area contributed by atoms with E-state index in [1.165, 1.54) is 5.39 Å². The maximum absolute atomic E-state index is 5.95. The van der Waals surface area contributed by atoms with E-state index in [9.17, 15) is 0 Å². The second-order valence-corrected chi connectivity index (χ2v) is 4.39. The Morgan fingerprint density at radius 2 is 2.21 bits per heavy atom. The first-order valence-electron chi connectivity index (χ1n) is 4.74. The van der Waals surface area contributed by atoms with E-state index >= 15 is 0 Å². The van der Waals surface area contributed by atoms with Crippen LogP contribution in [0.15, 0.2) is 28.7 Å². The molecule has 3 heteroatoms. The molecule has 3 N–H and O–H groups in total. The molecule has 0 spiro atoms. The van der Waals surface area contributed by atoms with Crippen LogP contribution < -0.4 is 5.73 Å². The van der Waals surface area contributed by atoms with Crippen LogP contribution in [0.1, 0.15) is 25.1 Å². The van der Waals surface area contributed by atoms with E-state index in [2.05, 4.69) is 46.0 Å². The Kier molecular flexibility index (Phi) is 2.61. The van der Waals surface area contributed by atoms with E-state index in [4.69, 9.17) is 5.73 Å². The molecule has 0 aliphatic carbocycles. The third kappa shape index (κ3) is 1.70. The molecule has 1 atom stereocenters. The number of rotatable bonds is 2. The summed E-state index contributed by atoms with van der Waals surface area (Å²) in [5, 5.41) is 1.21. The van der Waals surface area contributed by atoms with Gasteiger partial charge >= 0.3 is 0 Å². The first-order valence-corrected chi connectivity index (χ1v) is 5.53. The highest BCUT2D eigenvalue weighted by molar-refractivity contribution is 9.10. The first kappa shape index (κ1) is 9.74. The van der Waals surface area contributed by atoms with Crippen LogP contribution in [-0.2, 0) is 0 Å². The number of aromatic nitrogens is 1. The molecular weight excluding hydrogens is 240 g/mol. The molecule has 14 heavy (non-hydrogen) atoms. The lowest BCUT2D eigenvalue weighted by atomic mass is 10.1. The molecule has 0 amide bonds. The van der Waals surface area contributed by atoms with Crippen LogP contribution in [0.3, 0.4) is 0 Å². The van der Waals surface area contributed by atoms with Crippen LogP contribution in [0.25, 0.3) is 10.9 Å². The van der Waals surface area contributed by atoms with Crippen LogP contribution in [0.4, 0.5) is 0 Å². The summed E-state index contributed by atoms with van der Waals surface area (Å²) in [6.45, 7) is 2.09. The molecule has 0 bridgehead atoms. The zero-order valence-corrected chi connectivity index (χ0v) is 9.64. The van der Waals surface area contributed by atoms with Crippen LogP contribution >= 0.6 is 15.9 Å². The number of H-pyrrole nitrogens is 1. The fraction of sp³-hybridized carbons (Fsp3) is 0.273. The molecule has 0 fully saturated rings. The van der Waals surface area contributed by atoms with Gasteiger partial charge < -0.3 is 10.7 Å². The molecule has 74 valence electrons. The Bertz CT molecular complexity index is 447. The van der Waals surface area contributed by atoms with Crippen molar-refractivity contribution in [2.45, 2.75) is 19.4 Å². The van der Waals surface area contributed by atoms with Gasteiger partial charge in [-0.2, -0.15) is 0 Å². The molecule has 0 saturated carbocycles. The van der Waals surface area contributed by atoms with Gasteiger partial charge in [0.1, 0.15) is 0 Å². The third-order valence-corrected chi connectivity index (χ3v) is 2.94. The van der Waals surface area contributed by atoms with E-state index in [0.29, 0.717) is 0 Å². The summed E-state index contributed by atoms with van der Waals surface area (Å²) < 4.78 is 1.09. The van der Waals surface area contributed by atoms with Gasteiger partial charge in [0, 0.05) is 21.7 Å². The number of aromatic amines is 1. The highest BCUT2D eigenvalue weighted by atomic mass is 79.9. The SMILES string of the molecule is CCC(N)c1cc2ccc(Br)cc2[nH]1. The average Bonchev–Trinajstić information content (AvgIpc) is 2.59. The van der Waals surface area contributed by atoms with Crippen LogP contribution in [0, 0.1) is 0 Å². The molecule has 1 aromatic heterocycles. The summed E-state index contributed by atoms with van der Waals surface area (Å²) >= 11 is 3.44. The van der Waals surface area contributed by atoms with Gasteiger partial charge in [0.25, 0.3) is 0 Å². The number of fused-ring (bicyclic) bond motifs is 1. The summed E-state index contributed by atoms with van der Waals surface area (Å²) in [5.41, 5.74) is 8.20. The second kappa shape index (κ2) is 3.75. The molecule has 1 unspecified atom stereocenters. The molecule has 0 aliphatic heterocycles. The van der Waals surface area contributed by atoms with Crippen LogP contribution in [-0.4, -0.2) is 4.98 Å². The molecule has 2 aromatic rings. The quantitative estimate of drug-likeness (QED) is 0.846. The predicted molar refractivity (Wildman–Crippen MR) is 63.2 cm³/mol. The first-order chi connectivity index (χ1) is 6.70. The van der Waals surface area contributed by atoms with Crippen molar-refractivity contribution in [1.29, 1.82) is 0 Å². The van der Waals surface area contributed by atoms with Gasteiger partial charge in [0.2, 0.25) is 0 Å². The Morgan fingerprint density at radius 3 is 2.93 bits per heavy atom. The Labute approximate surface area is 91.6 Å². The van der Waals surface area contributed by atoms with Crippen molar-refractivity contribution in [2.24, 2.45) is 5.73 Å². The van der Waals surface area contributed by atoms with Crippen molar-refractivity contribution >= 4 is 26.8 Å². The molecule has 0 saturated heterocycles. The largest absolute Gasteiger partial charge is 0.357 e. The normalized spacial score (nSPS) is 13.4. The third-order valence-electron chi connectivity index (χ3n) is 2.44. The number of nitrogens with two attached hydrogens (primary N) is 1. The van der Waals surface area contributed by atoms with Gasteiger partial charge in [-0.25, -0.2) is 0 Å². The highest BCUT2D eigenvalue weighted by Crippen LogP contribution is 2.23. The molecule has 2 nitrogen and oxygen atoms in total. The summed E-state index contributed by atoms with van der Waals surface area (Å²) in [4.78, 5) is 3.33. The molecule has 1 heterocycles. The minimum atomic E-state index is 0.112. The average molecular weight is 253 g/mol. The van der Waals surface area contributed by atoms with E-state index < -0.39 is 0 Å². The maximum Gasteiger partial charge on any atom is 0.0467 e. The summed E-state index contributed by atoms with van der Waals surface area (Å²) in [7, 11) is 0. The van der Waals surface area contributed by atoms with E-state index in [1.54, 1.807) is 0 Å². The topological polar surface area (TPSA) is 41.8 Å². The minimum Gasteiger partial charge on any atom is -0.357 e. The predicted octanol–water partition coefficient (Wildman–Crippen LogP) is 3.34. The minimum absolute atomic E-state index is 0.112. The molecule has 0 aliphatic rings. The smallest absolute Gasteiger partial charge is 0.0467 e. The molecule has 2 rings (SSSR count). The summed E-state index contributed by atoms with van der Waals surface area (Å²) in [6, 6.07) is 8.43. The lowest BCUT2D eigenvalue weighted by Gasteiger charge is -2.04. The van der Waals surface area contributed by atoms with Crippen LogP contribution in [0.2, 0.25) is 0 Å². The Balaban J connectivity index is 2.51. The lowest BCUT2D eigenvalue weighted by molar-refractivity contribution is 0.682. The monoisotopic (exact) mass is 252 g/mol. The number of nitrogens with one attached hydrogen (secondary N) is 1. The van der Waals surface area contributed by atoms with Gasteiger partial charge in [-0.3, -0.25) is 0 Å². The van der Waals surface area contributed by atoms with Crippen molar-refractivity contribution < 1.29 is 0 Å². The van der Waals surface area contributed by atoms with Gasteiger partial charge in [-0.1, -0.05) is 28.9 Å². The van der Waals surface area contributed by atoms with Gasteiger partial charge in [-0.15, -0.1) is 0 Å². The van der Waals surface area contributed by atoms with Crippen molar-refractivity contribution in [3.63, 3.8) is 0 Å². The Morgan fingerprint density at radius 1 is 1.43 bits per heavy atom. The number of hydrogen-bond donors (Lipinski definition) is 2. The van der Waals surface area contributed by atoms with Gasteiger partial charge in [0.05, 0.1) is 0 Å². The fourth-order valence-electron chi connectivity index (χ4n) is 1.54. The van der Waals surface area contributed by atoms with E-state index in [1.807, 2.05) is 6.07 Å². The van der Waals surface area contributed by atoms with Gasteiger partial charge in [0.15, 0.2) is 0 Å². The van der Waals surface area contributed by atoms with Crippen LogP contribution in [0.5, 0.6) is 0 Å². The molecule has 1 aromatic carbocycles. The standard InChI is InChI=1S/C11H13BrN2/c1-2-9(13)11-5-7-3-4-8(12)6-10(7)14-11/h3-6,9,14H,2,13H2,1H3.